The Labute approximate surface area is 161 Å². The number of ether oxygens (including phenoxy) is 1. The molecule has 0 radical (unpaired) electrons. The third-order valence-corrected chi connectivity index (χ3v) is 4.94. The highest BCUT2D eigenvalue weighted by molar-refractivity contribution is 7.11. The molecule has 3 rings (SSSR count). The van der Waals surface area contributed by atoms with E-state index in [1.807, 2.05) is 42.6 Å². The average molecular weight is 385 g/mol. The van der Waals surface area contributed by atoms with Gasteiger partial charge in [-0.3, -0.25) is 0 Å². The number of aryl methyl sites for hydroxylation is 1. The summed E-state index contributed by atoms with van der Waals surface area (Å²) in [5.41, 5.74) is 3.07. The molecule has 26 heavy (non-hydrogen) atoms. The predicted molar refractivity (Wildman–Crippen MR) is 107 cm³/mol. The molecule has 0 aliphatic heterocycles. The zero-order valence-corrected chi connectivity index (χ0v) is 15.7. The Hall–Kier alpha value is -2.56. The van der Waals surface area contributed by atoms with Gasteiger partial charge in [-0.1, -0.05) is 47.5 Å². The lowest BCUT2D eigenvalue weighted by atomic mass is 10.1. The molecule has 2 aromatic carbocycles. The molecule has 1 heterocycles. The second-order valence-electron chi connectivity index (χ2n) is 5.80. The molecule has 0 unspecified atom stereocenters. The van der Waals surface area contributed by atoms with Gasteiger partial charge in [0.1, 0.15) is 12.4 Å². The quantitative estimate of drug-likeness (QED) is 0.537. The van der Waals surface area contributed by atoms with Crippen LogP contribution in [0.4, 0.5) is 0 Å². The summed E-state index contributed by atoms with van der Waals surface area (Å²) in [4.78, 5) is 12.4. The standard InChI is InChI=1S/C21H17ClO3S/c1-14-4-6-15(7-5-14)13-25-19-9-8-17(22)11-16(19)12-18(21(23)24)20-3-2-10-26-20/h2-12H,13H2,1H3,(H,23,24)/b18-12-. The molecule has 3 nitrogen and oxygen atoms in total. The van der Waals surface area contributed by atoms with Gasteiger partial charge in [-0.15, -0.1) is 11.3 Å². The number of benzene rings is 2. The number of carbonyl (C=O) groups is 1. The molecule has 0 aliphatic carbocycles. The molecule has 0 amide bonds. The van der Waals surface area contributed by atoms with Crippen molar-refractivity contribution in [2.75, 3.05) is 0 Å². The molecular formula is C21H17ClO3S. The van der Waals surface area contributed by atoms with Crippen molar-refractivity contribution in [3.8, 4) is 5.75 Å². The number of rotatable bonds is 6. The number of carboxylic acids is 1. The molecule has 0 atom stereocenters. The number of halogens is 1. The van der Waals surface area contributed by atoms with E-state index in [1.165, 1.54) is 16.9 Å². The molecule has 0 aliphatic rings. The third-order valence-electron chi connectivity index (χ3n) is 3.80. The van der Waals surface area contributed by atoms with Crippen LogP contribution in [0.25, 0.3) is 11.6 Å². The Morgan fingerprint density at radius 2 is 1.96 bits per heavy atom. The van der Waals surface area contributed by atoms with E-state index in [9.17, 15) is 9.90 Å². The summed E-state index contributed by atoms with van der Waals surface area (Å²) >= 11 is 7.49. The van der Waals surface area contributed by atoms with Crippen LogP contribution < -0.4 is 4.74 Å². The van der Waals surface area contributed by atoms with E-state index in [2.05, 4.69) is 0 Å². The first-order valence-corrected chi connectivity index (χ1v) is 9.25. The van der Waals surface area contributed by atoms with Gasteiger partial charge < -0.3 is 9.84 Å². The lowest BCUT2D eigenvalue weighted by Crippen LogP contribution is -2.00. The Morgan fingerprint density at radius 3 is 2.62 bits per heavy atom. The first kappa shape index (κ1) is 18.2. The van der Waals surface area contributed by atoms with Gasteiger partial charge in [0.25, 0.3) is 0 Å². The number of carboxylic acid groups (broad SMARTS) is 1. The van der Waals surface area contributed by atoms with Crippen LogP contribution in [-0.2, 0) is 11.4 Å². The van der Waals surface area contributed by atoms with Crippen LogP contribution in [0.5, 0.6) is 5.75 Å². The molecule has 1 aromatic heterocycles. The van der Waals surface area contributed by atoms with Crippen LogP contribution in [0, 0.1) is 6.92 Å². The van der Waals surface area contributed by atoms with Gasteiger partial charge in [0, 0.05) is 15.5 Å². The van der Waals surface area contributed by atoms with Crippen LogP contribution in [0.1, 0.15) is 21.6 Å². The fourth-order valence-electron chi connectivity index (χ4n) is 2.43. The summed E-state index contributed by atoms with van der Waals surface area (Å²) in [6.45, 7) is 2.43. The van der Waals surface area contributed by atoms with Crippen LogP contribution in [0.15, 0.2) is 60.0 Å². The molecule has 0 saturated carbocycles. The summed E-state index contributed by atoms with van der Waals surface area (Å²) in [7, 11) is 0. The zero-order chi connectivity index (χ0) is 18.5. The maximum Gasteiger partial charge on any atom is 0.337 e. The summed E-state index contributed by atoms with van der Waals surface area (Å²) in [6.07, 6.45) is 1.60. The highest BCUT2D eigenvalue weighted by Crippen LogP contribution is 2.30. The minimum absolute atomic E-state index is 0.211. The van der Waals surface area contributed by atoms with Crippen molar-refractivity contribution in [1.29, 1.82) is 0 Å². The van der Waals surface area contributed by atoms with Gasteiger partial charge in [0.05, 0.1) is 5.57 Å². The third kappa shape index (κ3) is 4.54. The van der Waals surface area contributed by atoms with Crippen molar-refractivity contribution >= 4 is 40.6 Å². The van der Waals surface area contributed by atoms with E-state index in [0.717, 1.165) is 5.56 Å². The van der Waals surface area contributed by atoms with Crippen molar-refractivity contribution in [2.24, 2.45) is 0 Å². The van der Waals surface area contributed by atoms with E-state index in [0.29, 0.717) is 27.8 Å². The van der Waals surface area contributed by atoms with Gasteiger partial charge >= 0.3 is 5.97 Å². The highest BCUT2D eigenvalue weighted by Gasteiger charge is 2.13. The predicted octanol–water partition coefficient (Wildman–Crippen LogP) is 5.91. The van der Waals surface area contributed by atoms with Gasteiger partial charge in [0.15, 0.2) is 0 Å². The first-order valence-electron chi connectivity index (χ1n) is 7.99. The fourth-order valence-corrected chi connectivity index (χ4v) is 3.35. The molecule has 5 heteroatoms. The normalized spacial score (nSPS) is 11.4. The average Bonchev–Trinajstić information content (AvgIpc) is 3.14. The Kier molecular flexibility index (Phi) is 5.76. The van der Waals surface area contributed by atoms with Gasteiger partial charge in [0.2, 0.25) is 0 Å². The summed E-state index contributed by atoms with van der Waals surface area (Å²) < 4.78 is 5.92. The van der Waals surface area contributed by atoms with Crippen LogP contribution >= 0.6 is 22.9 Å². The molecular weight excluding hydrogens is 368 g/mol. The number of thiophene rings is 1. The van der Waals surface area contributed by atoms with Gasteiger partial charge in [-0.2, -0.15) is 0 Å². The second kappa shape index (κ2) is 8.21. The van der Waals surface area contributed by atoms with Crippen molar-refractivity contribution in [3.05, 3.63) is 86.6 Å². The number of hydrogen-bond acceptors (Lipinski definition) is 3. The fraction of sp³-hybridized carbons (Fsp3) is 0.0952. The van der Waals surface area contributed by atoms with Crippen molar-refractivity contribution < 1.29 is 14.6 Å². The maximum absolute atomic E-state index is 11.7. The summed E-state index contributed by atoms with van der Waals surface area (Å²) in [5.74, 6) is -0.401. The first-order chi connectivity index (χ1) is 12.5. The second-order valence-corrected chi connectivity index (χ2v) is 7.18. The number of aliphatic carboxylic acids is 1. The highest BCUT2D eigenvalue weighted by atomic mass is 35.5. The van der Waals surface area contributed by atoms with E-state index in [-0.39, 0.29) is 5.57 Å². The van der Waals surface area contributed by atoms with Crippen LogP contribution in [-0.4, -0.2) is 11.1 Å². The van der Waals surface area contributed by atoms with Gasteiger partial charge in [-0.25, -0.2) is 4.79 Å². The van der Waals surface area contributed by atoms with Crippen LogP contribution in [0.2, 0.25) is 5.02 Å². The molecule has 0 spiro atoms. The van der Waals surface area contributed by atoms with E-state index in [1.54, 1.807) is 30.3 Å². The lowest BCUT2D eigenvalue weighted by molar-refractivity contribution is -0.130. The summed E-state index contributed by atoms with van der Waals surface area (Å²) in [5, 5.41) is 11.9. The molecule has 0 bridgehead atoms. The molecule has 0 saturated heterocycles. The summed E-state index contributed by atoms with van der Waals surface area (Å²) in [6, 6.07) is 16.9. The van der Waals surface area contributed by atoms with Crippen LogP contribution in [0.3, 0.4) is 0 Å². The monoisotopic (exact) mass is 384 g/mol. The van der Waals surface area contributed by atoms with Crippen molar-refractivity contribution in [1.82, 2.24) is 0 Å². The van der Waals surface area contributed by atoms with E-state index >= 15 is 0 Å². The van der Waals surface area contributed by atoms with Crippen molar-refractivity contribution in [3.63, 3.8) is 0 Å². The Balaban J connectivity index is 1.91. The maximum atomic E-state index is 11.7. The Bertz CT molecular complexity index is 928. The lowest BCUT2D eigenvalue weighted by Gasteiger charge is -2.11. The molecule has 1 N–H and O–H groups in total. The minimum atomic E-state index is -0.989. The van der Waals surface area contributed by atoms with Crippen molar-refractivity contribution in [2.45, 2.75) is 13.5 Å². The zero-order valence-electron chi connectivity index (χ0n) is 14.1. The molecule has 132 valence electrons. The smallest absolute Gasteiger partial charge is 0.337 e. The van der Waals surface area contributed by atoms with E-state index < -0.39 is 5.97 Å². The van der Waals surface area contributed by atoms with E-state index in [4.69, 9.17) is 16.3 Å². The largest absolute Gasteiger partial charge is 0.488 e. The topological polar surface area (TPSA) is 46.5 Å². The van der Waals surface area contributed by atoms with Gasteiger partial charge in [-0.05, 0) is 48.2 Å². The molecule has 0 fully saturated rings. The Morgan fingerprint density at radius 1 is 1.19 bits per heavy atom. The number of hydrogen-bond donors (Lipinski definition) is 1. The molecule has 3 aromatic rings. The minimum Gasteiger partial charge on any atom is -0.488 e. The SMILES string of the molecule is Cc1ccc(COc2ccc(Cl)cc2/C=C(\C(=O)O)c2cccs2)cc1.